The Kier molecular flexibility index (Phi) is 5.18. The Morgan fingerprint density at radius 3 is 2.75 bits per heavy atom. The molecule has 1 aliphatic carbocycles. The summed E-state index contributed by atoms with van der Waals surface area (Å²) in [5.41, 5.74) is 0. The van der Waals surface area contributed by atoms with Gasteiger partial charge in [-0.2, -0.15) is 0 Å². The number of nitrogens with zero attached hydrogens (tertiary/aromatic N) is 2. The van der Waals surface area contributed by atoms with Crippen molar-refractivity contribution in [1.82, 2.24) is 9.80 Å². The molecular weight excluding hydrogens is 316 g/mol. The van der Waals surface area contributed by atoms with Gasteiger partial charge in [0.15, 0.2) is 0 Å². The first-order valence-electron chi connectivity index (χ1n) is 9.40. The highest BCUT2D eigenvalue weighted by molar-refractivity contribution is 7.19. The molecule has 0 unspecified atom stereocenters. The van der Waals surface area contributed by atoms with Crippen LogP contribution in [0.1, 0.15) is 37.0 Å². The maximum Gasteiger partial charge on any atom is 0.0446 e. The SMILES string of the molecule is OCC[C@H]1CN(Cc2cc3ccccc3s2)CCN1C1CCCC1. The number of aliphatic hydroxyl groups is 1. The van der Waals surface area contributed by atoms with Crippen LogP contribution in [0, 0.1) is 0 Å². The van der Waals surface area contributed by atoms with E-state index in [1.54, 1.807) is 0 Å². The maximum atomic E-state index is 9.51. The first-order valence-corrected chi connectivity index (χ1v) is 10.2. The van der Waals surface area contributed by atoms with Crippen molar-refractivity contribution in [1.29, 1.82) is 0 Å². The monoisotopic (exact) mass is 344 g/mol. The second kappa shape index (κ2) is 7.52. The van der Waals surface area contributed by atoms with Gasteiger partial charge in [0.2, 0.25) is 0 Å². The fraction of sp³-hybridized carbons (Fsp3) is 0.600. The lowest BCUT2D eigenvalue weighted by atomic mass is 10.0. The zero-order valence-electron chi connectivity index (χ0n) is 14.4. The minimum absolute atomic E-state index is 0.310. The van der Waals surface area contributed by atoms with Crippen LogP contribution in [0.25, 0.3) is 10.1 Å². The van der Waals surface area contributed by atoms with Crippen LogP contribution < -0.4 is 0 Å². The molecule has 1 aromatic heterocycles. The summed E-state index contributed by atoms with van der Waals surface area (Å²) in [6.45, 7) is 4.79. The summed E-state index contributed by atoms with van der Waals surface area (Å²) in [6.07, 6.45) is 6.41. The molecule has 2 heterocycles. The first-order chi connectivity index (χ1) is 11.8. The number of benzene rings is 1. The Labute approximate surface area is 148 Å². The number of aliphatic hydroxyl groups excluding tert-OH is 1. The first kappa shape index (κ1) is 16.5. The molecule has 130 valence electrons. The molecule has 0 radical (unpaired) electrons. The lowest BCUT2D eigenvalue weighted by Crippen LogP contribution is -2.55. The van der Waals surface area contributed by atoms with Crippen LogP contribution in [0.15, 0.2) is 30.3 Å². The maximum absolute atomic E-state index is 9.51. The standard InChI is InChI=1S/C20H28N2OS/c23-12-9-18-14-21(10-11-22(18)17-6-2-3-7-17)15-19-13-16-5-1-4-8-20(16)24-19/h1,4-5,8,13,17-18,23H,2-3,6-7,9-12,14-15H2/t18-/m0/s1. The summed E-state index contributed by atoms with van der Waals surface area (Å²) in [7, 11) is 0. The Hall–Kier alpha value is -0.940. The van der Waals surface area contributed by atoms with Crippen LogP contribution in [0.2, 0.25) is 0 Å². The van der Waals surface area contributed by atoms with Gasteiger partial charge in [0.05, 0.1) is 0 Å². The van der Waals surface area contributed by atoms with Gasteiger partial charge in [-0.15, -0.1) is 11.3 Å². The van der Waals surface area contributed by atoms with Gasteiger partial charge in [-0.05, 0) is 36.8 Å². The topological polar surface area (TPSA) is 26.7 Å². The number of fused-ring (bicyclic) bond motifs is 1. The van der Waals surface area contributed by atoms with E-state index >= 15 is 0 Å². The highest BCUT2D eigenvalue weighted by atomic mass is 32.1. The number of rotatable bonds is 5. The van der Waals surface area contributed by atoms with Crippen LogP contribution in [-0.4, -0.2) is 53.2 Å². The van der Waals surface area contributed by atoms with Crippen molar-refractivity contribution in [2.45, 2.75) is 50.7 Å². The third-order valence-electron chi connectivity index (χ3n) is 5.72. The van der Waals surface area contributed by atoms with E-state index in [9.17, 15) is 5.11 Å². The summed E-state index contributed by atoms with van der Waals surface area (Å²) in [5.74, 6) is 0. The van der Waals surface area contributed by atoms with Crippen molar-refractivity contribution < 1.29 is 5.11 Å². The molecule has 1 N–H and O–H groups in total. The molecule has 4 heteroatoms. The van der Waals surface area contributed by atoms with E-state index in [-0.39, 0.29) is 0 Å². The van der Waals surface area contributed by atoms with Crippen LogP contribution in [-0.2, 0) is 6.54 Å². The average Bonchev–Trinajstić information content (AvgIpc) is 3.24. The second-order valence-corrected chi connectivity index (χ2v) is 8.50. The minimum Gasteiger partial charge on any atom is -0.396 e. The van der Waals surface area contributed by atoms with Gasteiger partial charge < -0.3 is 5.11 Å². The van der Waals surface area contributed by atoms with Crippen LogP contribution in [0.5, 0.6) is 0 Å². The molecule has 1 aromatic carbocycles. The number of piperazine rings is 1. The van der Waals surface area contributed by atoms with E-state index in [0.29, 0.717) is 12.6 Å². The second-order valence-electron chi connectivity index (χ2n) is 7.33. The molecule has 2 fully saturated rings. The molecule has 4 rings (SSSR count). The quantitative estimate of drug-likeness (QED) is 0.896. The van der Waals surface area contributed by atoms with Gasteiger partial charge in [-0.25, -0.2) is 0 Å². The van der Waals surface area contributed by atoms with Crippen molar-refractivity contribution in [2.75, 3.05) is 26.2 Å². The lowest BCUT2D eigenvalue weighted by Gasteiger charge is -2.44. The van der Waals surface area contributed by atoms with Crippen molar-refractivity contribution in [3.63, 3.8) is 0 Å². The van der Waals surface area contributed by atoms with E-state index < -0.39 is 0 Å². The smallest absolute Gasteiger partial charge is 0.0446 e. The van der Waals surface area contributed by atoms with Gasteiger partial charge in [0, 0.05) is 54.4 Å². The van der Waals surface area contributed by atoms with Crippen LogP contribution >= 0.6 is 11.3 Å². The zero-order chi connectivity index (χ0) is 16.4. The highest BCUT2D eigenvalue weighted by Gasteiger charge is 2.33. The van der Waals surface area contributed by atoms with Crippen molar-refractivity contribution in [3.8, 4) is 0 Å². The van der Waals surface area contributed by atoms with Crippen molar-refractivity contribution >= 4 is 21.4 Å². The summed E-state index contributed by atoms with van der Waals surface area (Å²) in [5, 5.41) is 10.9. The Morgan fingerprint density at radius 2 is 1.96 bits per heavy atom. The lowest BCUT2D eigenvalue weighted by molar-refractivity contribution is 0.0271. The zero-order valence-corrected chi connectivity index (χ0v) is 15.2. The molecule has 0 bridgehead atoms. The van der Waals surface area contributed by atoms with Gasteiger partial charge in [0.1, 0.15) is 0 Å². The van der Waals surface area contributed by atoms with Crippen molar-refractivity contribution in [2.24, 2.45) is 0 Å². The summed E-state index contributed by atoms with van der Waals surface area (Å²) < 4.78 is 1.39. The molecule has 0 spiro atoms. The highest BCUT2D eigenvalue weighted by Crippen LogP contribution is 2.30. The van der Waals surface area contributed by atoms with Crippen LogP contribution in [0.3, 0.4) is 0 Å². The molecule has 1 saturated heterocycles. The number of hydrogen-bond donors (Lipinski definition) is 1. The molecule has 3 nitrogen and oxygen atoms in total. The third kappa shape index (κ3) is 3.52. The van der Waals surface area contributed by atoms with E-state index in [4.69, 9.17) is 0 Å². The molecule has 2 aromatic rings. The van der Waals surface area contributed by atoms with E-state index in [0.717, 1.165) is 32.1 Å². The average molecular weight is 345 g/mol. The minimum atomic E-state index is 0.310. The fourth-order valence-corrected chi connectivity index (χ4v) is 5.64. The Balaban J connectivity index is 1.43. The van der Waals surface area contributed by atoms with Crippen LogP contribution in [0.4, 0.5) is 0 Å². The van der Waals surface area contributed by atoms with E-state index in [1.165, 1.54) is 47.2 Å². The molecule has 0 amide bonds. The number of thiophene rings is 1. The predicted octanol–water partition coefficient (Wildman–Crippen LogP) is 3.71. The molecular formula is C20H28N2OS. The number of hydrogen-bond acceptors (Lipinski definition) is 4. The molecule has 1 aliphatic heterocycles. The Morgan fingerprint density at radius 1 is 1.12 bits per heavy atom. The fourth-order valence-electron chi connectivity index (χ4n) is 4.54. The summed E-state index contributed by atoms with van der Waals surface area (Å²) >= 11 is 1.93. The normalized spacial score (nSPS) is 24.1. The Bertz CT molecular complexity index is 631. The van der Waals surface area contributed by atoms with Crippen molar-refractivity contribution in [3.05, 3.63) is 35.2 Å². The van der Waals surface area contributed by atoms with Gasteiger partial charge in [0.25, 0.3) is 0 Å². The third-order valence-corrected chi connectivity index (χ3v) is 6.83. The largest absolute Gasteiger partial charge is 0.396 e. The molecule has 1 atom stereocenters. The predicted molar refractivity (Wildman–Crippen MR) is 102 cm³/mol. The van der Waals surface area contributed by atoms with E-state index in [2.05, 4.69) is 40.1 Å². The summed E-state index contributed by atoms with van der Waals surface area (Å²) in [6, 6.07) is 12.3. The van der Waals surface area contributed by atoms with Gasteiger partial charge in [-0.1, -0.05) is 31.0 Å². The summed E-state index contributed by atoms with van der Waals surface area (Å²) in [4.78, 5) is 6.77. The van der Waals surface area contributed by atoms with Gasteiger partial charge in [-0.3, -0.25) is 9.80 Å². The molecule has 2 aliphatic rings. The van der Waals surface area contributed by atoms with E-state index in [1.807, 2.05) is 11.3 Å². The van der Waals surface area contributed by atoms with Gasteiger partial charge >= 0.3 is 0 Å². The molecule has 24 heavy (non-hydrogen) atoms. The molecule has 1 saturated carbocycles.